The summed E-state index contributed by atoms with van der Waals surface area (Å²) in [6.45, 7) is 3.14. The first-order chi connectivity index (χ1) is 5.84. The molecule has 0 aromatic carbocycles. The van der Waals surface area contributed by atoms with Crippen LogP contribution in [0.1, 0.15) is 20.3 Å². The number of hydrogen-bond acceptors (Lipinski definition) is 1. The Labute approximate surface area is 88.8 Å². The van der Waals surface area contributed by atoms with E-state index in [2.05, 4.69) is 0 Å². The van der Waals surface area contributed by atoms with Crippen LogP contribution in [0.4, 0.5) is 13.2 Å². The molecule has 0 saturated carbocycles. The molecule has 5 heteroatoms. The number of nitrogens with zero attached hydrogens (tertiary/aromatic N) is 1. The van der Waals surface area contributed by atoms with E-state index in [1.165, 1.54) is 35.6 Å². The standard InChI is InChI=1S/C8H9F3IN/c1-3-5(2)7(6(12)4-13)8(9,10)11/h5H,3H2,1-2H3/b7-6+. The molecule has 0 spiro atoms. The highest BCUT2D eigenvalue weighted by atomic mass is 127. The van der Waals surface area contributed by atoms with Gasteiger partial charge in [0.2, 0.25) is 0 Å². The van der Waals surface area contributed by atoms with Gasteiger partial charge in [-0.25, -0.2) is 0 Å². The van der Waals surface area contributed by atoms with Crippen LogP contribution in [-0.2, 0) is 0 Å². The second-order valence-corrected chi connectivity index (χ2v) is 3.73. The van der Waals surface area contributed by atoms with Crippen molar-refractivity contribution in [2.75, 3.05) is 0 Å². The summed E-state index contributed by atoms with van der Waals surface area (Å²) in [6.07, 6.45) is -4.01. The molecule has 0 heterocycles. The molecule has 0 N–H and O–H groups in total. The number of hydrogen-bond donors (Lipinski definition) is 0. The third-order valence-electron chi connectivity index (χ3n) is 1.75. The fourth-order valence-corrected chi connectivity index (χ4v) is 1.72. The van der Waals surface area contributed by atoms with Crippen molar-refractivity contribution >= 4 is 22.6 Å². The van der Waals surface area contributed by atoms with Crippen molar-refractivity contribution in [1.29, 1.82) is 5.26 Å². The minimum Gasteiger partial charge on any atom is -0.192 e. The van der Waals surface area contributed by atoms with E-state index in [9.17, 15) is 13.2 Å². The third-order valence-corrected chi connectivity index (χ3v) is 2.57. The summed E-state index contributed by atoms with van der Waals surface area (Å²) in [4.78, 5) is 0. The SMILES string of the molecule is CCC(C)/C(=C(\I)C#N)C(F)(F)F. The van der Waals surface area contributed by atoms with Gasteiger partial charge < -0.3 is 0 Å². The minimum atomic E-state index is -4.39. The first-order valence-corrected chi connectivity index (χ1v) is 4.79. The van der Waals surface area contributed by atoms with Crippen LogP contribution in [0.2, 0.25) is 0 Å². The lowest BCUT2D eigenvalue weighted by Gasteiger charge is -2.17. The number of alkyl halides is 3. The predicted molar refractivity (Wildman–Crippen MR) is 52.2 cm³/mol. The molecule has 0 aromatic rings. The Bertz CT molecular complexity index is 249. The van der Waals surface area contributed by atoms with Crippen molar-refractivity contribution in [3.8, 4) is 6.07 Å². The van der Waals surface area contributed by atoms with Crippen LogP contribution in [0.15, 0.2) is 9.15 Å². The van der Waals surface area contributed by atoms with Crippen LogP contribution in [-0.4, -0.2) is 6.18 Å². The molecule has 0 bridgehead atoms. The molecule has 1 unspecified atom stereocenters. The lowest BCUT2D eigenvalue weighted by molar-refractivity contribution is -0.0985. The maximum Gasteiger partial charge on any atom is 0.414 e. The molecule has 1 nitrogen and oxygen atoms in total. The summed E-state index contributed by atoms with van der Waals surface area (Å²) in [6, 6.07) is 1.53. The molecular formula is C8H9F3IN. The highest BCUT2D eigenvalue weighted by Gasteiger charge is 2.38. The topological polar surface area (TPSA) is 23.8 Å². The zero-order chi connectivity index (χ0) is 10.6. The van der Waals surface area contributed by atoms with Crippen LogP contribution >= 0.6 is 22.6 Å². The van der Waals surface area contributed by atoms with E-state index in [1.807, 2.05) is 0 Å². The molecule has 0 aliphatic heterocycles. The molecule has 0 aliphatic rings. The zero-order valence-corrected chi connectivity index (χ0v) is 9.40. The summed E-state index contributed by atoms with van der Waals surface area (Å²) in [7, 11) is 0. The number of rotatable bonds is 2. The van der Waals surface area contributed by atoms with Crippen molar-refractivity contribution in [3.63, 3.8) is 0 Å². The van der Waals surface area contributed by atoms with Gasteiger partial charge in [0.25, 0.3) is 0 Å². The number of allylic oxidation sites excluding steroid dienone is 2. The monoisotopic (exact) mass is 303 g/mol. The van der Waals surface area contributed by atoms with Gasteiger partial charge in [-0.3, -0.25) is 0 Å². The summed E-state index contributed by atoms with van der Waals surface area (Å²) < 4.78 is 36.9. The van der Waals surface area contributed by atoms with E-state index in [-0.39, 0.29) is 3.58 Å². The Morgan fingerprint density at radius 2 is 2.00 bits per heavy atom. The van der Waals surface area contributed by atoms with Crippen molar-refractivity contribution < 1.29 is 13.2 Å². The van der Waals surface area contributed by atoms with Crippen LogP contribution < -0.4 is 0 Å². The summed E-state index contributed by atoms with van der Waals surface area (Å²) in [5, 5.41) is 8.40. The molecule has 74 valence electrons. The number of nitriles is 1. The smallest absolute Gasteiger partial charge is 0.192 e. The van der Waals surface area contributed by atoms with Gasteiger partial charge in [0.1, 0.15) is 6.07 Å². The Balaban J connectivity index is 5.14. The van der Waals surface area contributed by atoms with Gasteiger partial charge >= 0.3 is 6.18 Å². The maximum atomic E-state index is 12.4. The molecule has 0 aliphatic carbocycles. The first kappa shape index (κ1) is 12.8. The van der Waals surface area contributed by atoms with Gasteiger partial charge in [0, 0.05) is 0 Å². The first-order valence-electron chi connectivity index (χ1n) is 3.71. The summed E-state index contributed by atoms with van der Waals surface area (Å²) >= 11 is 1.43. The molecule has 13 heavy (non-hydrogen) atoms. The molecular weight excluding hydrogens is 294 g/mol. The average molecular weight is 303 g/mol. The van der Waals surface area contributed by atoms with Crippen LogP contribution in [0.25, 0.3) is 0 Å². The summed E-state index contributed by atoms with van der Waals surface area (Å²) in [5.74, 6) is -0.619. The molecule has 0 saturated heterocycles. The van der Waals surface area contributed by atoms with E-state index in [4.69, 9.17) is 5.26 Å². The lowest BCUT2D eigenvalue weighted by atomic mass is 9.98. The fourth-order valence-electron chi connectivity index (χ4n) is 0.885. The van der Waals surface area contributed by atoms with E-state index in [0.717, 1.165) is 0 Å². The molecule has 0 radical (unpaired) electrons. The second-order valence-electron chi connectivity index (χ2n) is 2.65. The molecule has 1 atom stereocenters. The van der Waals surface area contributed by atoms with E-state index < -0.39 is 17.7 Å². The second kappa shape index (κ2) is 4.84. The number of halogens is 4. The van der Waals surface area contributed by atoms with E-state index >= 15 is 0 Å². The van der Waals surface area contributed by atoms with Gasteiger partial charge in [-0.1, -0.05) is 13.8 Å². The van der Waals surface area contributed by atoms with Crippen LogP contribution in [0.5, 0.6) is 0 Å². The predicted octanol–water partition coefficient (Wildman–Crippen LogP) is 3.81. The Kier molecular flexibility index (Phi) is 4.75. The molecule has 0 fully saturated rings. The summed E-state index contributed by atoms with van der Waals surface area (Å²) in [5.41, 5.74) is -0.710. The van der Waals surface area contributed by atoms with Crippen molar-refractivity contribution in [2.24, 2.45) is 5.92 Å². The van der Waals surface area contributed by atoms with Crippen molar-refractivity contribution in [3.05, 3.63) is 9.15 Å². The highest BCUT2D eigenvalue weighted by Crippen LogP contribution is 2.36. The van der Waals surface area contributed by atoms with Crippen LogP contribution in [0.3, 0.4) is 0 Å². The minimum absolute atomic E-state index is 0.264. The van der Waals surface area contributed by atoms with E-state index in [1.54, 1.807) is 6.92 Å². The quantitative estimate of drug-likeness (QED) is 0.562. The normalized spacial score (nSPS) is 16.1. The molecule has 0 aromatic heterocycles. The fraction of sp³-hybridized carbons (Fsp3) is 0.625. The zero-order valence-electron chi connectivity index (χ0n) is 7.24. The Morgan fingerprint density at radius 1 is 1.54 bits per heavy atom. The van der Waals surface area contributed by atoms with Gasteiger partial charge in [0.05, 0.1) is 9.15 Å². The maximum absolute atomic E-state index is 12.4. The lowest BCUT2D eigenvalue weighted by Crippen LogP contribution is -2.19. The van der Waals surface area contributed by atoms with Gasteiger partial charge in [0.15, 0.2) is 0 Å². The van der Waals surface area contributed by atoms with Crippen molar-refractivity contribution in [2.45, 2.75) is 26.4 Å². The largest absolute Gasteiger partial charge is 0.414 e. The van der Waals surface area contributed by atoms with Crippen molar-refractivity contribution in [1.82, 2.24) is 0 Å². The van der Waals surface area contributed by atoms with Crippen LogP contribution in [0, 0.1) is 17.2 Å². The van der Waals surface area contributed by atoms with Gasteiger partial charge in [-0.15, -0.1) is 0 Å². The Morgan fingerprint density at radius 3 is 2.23 bits per heavy atom. The molecule has 0 amide bonds. The van der Waals surface area contributed by atoms with Gasteiger partial charge in [-0.2, -0.15) is 18.4 Å². The highest BCUT2D eigenvalue weighted by molar-refractivity contribution is 14.1. The third kappa shape index (κ3) is 3.55. The Hall–Kier alpha value is -0.250. The average Bonchev–Trinajstić information content (AvgIpc) is 2.01. The van der Waals surface area contributed by atoms with Gasteiger partial charge in [-0.05, 0) is 34.9 Å². The molecule has 0 rings (SSSR count). The van der Waals surface area contributed by atoms with E-state index in [0.29, 0.717) is 6.42 Å².